The van der Waals surface area contributed by atoms with Gasteiger partial charge in [0.25, 0.3) is 0 Å². The number of hydrogen-bond donors (Lipinski definition) is 2. The van der Waals surface area contributed by atoms with Gasteiger partial charge in [-0.25, -0.2) is 4.79 Å². The first-order valence-electron chi connectivity index (χ1n) is 6.81. The summed E-state index contributed by atoms with van der Waals surface area (Å²) in [5.41, 5.74) is -1.43. The van der Waals surface area contributed by atoms with Crippen LogP contribution >= 0.6 is 0 Å². The van der Waals surface area contributed by atoms with Crippen molar-refractivity contribution < 1.29 is 14.6 Å². The fourth-order valence-corrected chi connectivity index (χ4v) is 3.04. The molecule has 18 heavy (non-hydrogen) atoms. The Morgan fingerprint density at radius 2 is 2.28 bits per heavy atom. The molecule has 0 amide bonds. The lowest BCUT2D eigenvalue weighted by atomic mass is 9.96. The van der Waals surface area contributed by atoms with E-state index in [9.17, 15) is 9.90 Å². The number of nitrogens with zero attached hydrogens (tertiary/aromatic N) is 1. The quantitative estimate of drug-likeness (QED) is 0.700. The summed E-state index contributed by atoms with van der Waals surface area (Å²) < 4.78 is 4.59. The fraction of sp³-hybridized carbons (Fsp3) is 0.923. The zero-order chi connectivity index (χ0) is 13.2. The number of piperidine rings is 1. The molecular formula is C13H24N2O3. The van der Waals surface area contributed by atoms with Crippen LogP contribution in [0, 0.1) is 0 Å². The fourth-order valence-electron chi connectivity index (χ4n) is 3.04. The Labute approximate surface area is 108 Å². The van der Waals surface area contributed by atoms with Crippen LogP contribution in [0.4, 0.5) is 0 Å². The number of nitrogens with one attached hydrogen (secondary N) is 1. The van der Waals surface area contributed by atoms with E-state index in [1.807, 2.05) is 0 Å². The molecule has 0 aromatic heterocycles. The molecule has 0 radical (unpaired) electrons. The molecule has 2 rings (SSSR count). The number of methoxy groups -OCH3 is 1. The van der Waals surface area contributed by atoms with E-state index >= 15 is 0 Å². The predicted octanol–water partition coefficient (Wildman–Crippen LogP) is 0.127. The number of ether oxygens (including phenoxy) is 1. The largest absolute Gasteiger partial charge is 0.467 e. The van der Waals surface area contributed by atoms with Crippen LogP contribution in [-0.4, -0.2) is 60.4 Å². The molecule has 3 unspecified atom stereocenters. The summed E-state index contributed by atoms with van der Waals surface area (Å²) in [4.78, 5) is 13.9. The molecule has 2 aliphatic heterocycles. The van der Waals surface area contributed by atoms with E-state index in [1.165, 1.54) is 33.4 Å². The predicted molar refractivity (Wildman–Crippen MR) is 68.3 cm³/mol. The Balaban J connectivity index is 1.78. The summed E-state index contributed by atoms with van der Waals surface area (Å²) in [6.45, 7) is 4.12. The average molecular weight is 256 g/mol. The lowest BCUT2D eigenvalue weighted by molar-refractivity contribution is -0.160. The summed E-state index contributed by atoms with van der Waals surface area (Å²) in [5, 5.41) is 13.3. The number of carbonyl (C=O) groups is 1. The Morgan fingerprint density at radius 1 is 1.50 bits per heavy atom. The summed E-state index contributed by atoms with van der Waals surface area (Å²) in [7, 11) is 1.30. The van der Waals surface area contributed by atoms with Gasteiger partial charge in [0.15, 0.2) is 5.60 Å². The Hall–Kier alpha value is -0.650. The van der Waals surface area contributed by atoms with Gasteiger partial charge in [-0.05, 0) is 45.7 Å². The number of carbonyl (C=O) groups excluding carboxylic acids is 1. The van der Waals surface area contributed by atoms with E-state index in [4.69, 9.17) is 0 Å². The molecule has 2 fully saturated rings. The highest BCUT2D eigenvalue weighted by Crippen LogP contribution is 2.26. The van der Waals surface area contributed by atoms with Crippen LogP contribution < -0.4 is 5.32 Å². The minimum Gasteiger partial charge on any atom is -0.467 e. The number of hydrogen-bond acceptors (Lipinski definition) is 5. The summed E-state index contributed by atoms with van der Waals surface area (Å²) >= 11 is 0. The molecular weight excluding hydrogens is 232 g/mol. The van der Waals surface area contributed by atoms with Crippen molar-refractivity contribution in [2.45, 2.75) is 50.3 Å². The number of rotatable bonds is 4. The molecule has 0 spiro atoms. The van der Waals surface area contributed by atoms with Crippen molar-refractivity contribution in [3.05, 3.63) is 0 Å². The Kier molecular flexibility index (Phi) is 4.25. The second-order valence-electron chi connectivity index (χ2n) is 5.70. The van der Waals surface area contributed by atoms with Crippen LogP contribution in [0.15, 0.2) is 0 Å². The van der Waals surface area contributed by atoms with Crippen molar-refractivity contribution in [3.63, 3.8) is 0 Å². The van der Waals surface area contributed by atoms with Gasteiger partial charge >= 0.3 is 5.97 Å². The van der Waals surface area contributed by atoms with Crippen molar-refractivity contribution >= 4 is 5.97 Å². The summed E-state index contributed by atoms with van der Waals surface area (Å²) in [5.74, 6) is -0.576. The van der Waals surface area contributed by atoms with Gasteiger partial charge in [-0.3, -0.25) is 0 Å². The molecule has 2 N–H and O–H groups in total. The first-order chi connectivity index (χ1) is 8.53. The molecule has 2 saturated heterocycles. The van der Waals surface area contributed by atoms with Gasteiger partial charge in [0.05, 0.1) is 7.11 Å². The van der Waals surface area contributed by atoms with Gasteiger partial charge in [-0.15, -0.1) is 0 Å². The first kappa shape index (κ1) is 13.8. The third kappa shape index (κ3) is 3.02. The number of fused-ring (bicyclic) bond motifs is 1. The SMILES string of the molecule is COC(=O)C(C)(O)CNC1CCN2CCCC2C1. The third-order valence-electron chi connectivity index (χ3n) is 4.18. The second kappa shape index (κ2) is 5.55. The van der Waals surface area contributed by atoms with Gasteiger partial charge in [-0.1, -0.05) is 0 Å². The van der Waals surface area contributed by atoms with E-state index in [1.54, 1.807) is 0 Å². The Morgan fingerprint density at radius 3 is 3.00 bits per heavy atom. The van der Waals surface area contributed by atoms with E-state index in [2.05, 4.69) is 15.0 Å². The van der Waals surface area contributed by atoms with Crippen molar-refractivity contribution in [1.29, 1.82) is 0 Å². The van der Waals surface area contributed by atoms with Crippen LogP contribution in [-0.2, 0) is 9.53 Å². The van der Waals surface area contributed by atoms with Gasteiger partial charge in [0, 0.05) is 18.6 Å². The summed E-state index contributed by atoms with van der Waals surface area (Å²) in [6.07, 6.45) is 4.80. The average Bonchev–Trinajstić information content (AvgIpc) is 2.82. The van der Waals surface area contributed by atoms with Crippen LogP contribution in [0.3, 0.4) is 0 Å². The monoisotopic (exact) mass is 256 g/mol. The lowest BCUT2D eigenvalue weighted by Gasteiger charge is -2.36. The minimum atomic E-state index is -1.43. The maximum atomic E-state index is 11.4. The molecule has 2 aliphatic rings. The van der Waals surface area contributed by atoms with Crippen molar-refractivity contribution in [1.82, 2.24) is 10.2 Å². The van der Waals surface area contributed by atoms with E-state index in [0.717, 1.165) is 19.4 Å². The highest BCUT2D eigenvalue weighted by molar-refractivity contribution is 5.78. The van der Waals surface area contributed by atoms with Crippen molar-refractivity contribution in [2.24, 2.45) is 0 Å². The molecule has 0 aliphatic carbocycles. The lowest BCUT2D eigenvalue weighted by Crippen LogP contribution is -2.52. The van der Waals surface area contributed by atoms with Crippen molar-refractivity contribution in [2.75, 3.05) is 26.7 Å². The zero-order valence-electron chi connectivity index (χ0n) is 11.3. The molecule has 5 heteroatoms. The van der Waals surface area contributed by atoms with E-state index in [0.29, 0.717) is 12.1 Å². The zero-order valence-corrected chi connectivity index (χ0v) is 11.3. The standard InChI is InChI=1S/C13H24N2O3/c1-13(17,12(16)18-2)9-14-10-5-7-15-6-3-4-11(15)8-10/h10-11,14,17H,3-9H2,1-2H3. The molecule has 0 saturated carbocycles. The minimum absolute atomic E-state index is 0.261. The molecule has 2 heterocycles. The molecule has 0 aromatic rings. The van der Waals surface area contributed by atoms with E-state index in [-0.39, 0.29) is 6.54 Å². The smallest absolute Gasteiger partial charge is 0.338 e. The van der Waals surface area contributed by atoms with E-state index < -0.39 is 11.6 Å². The van der Waals surface area contributed by atoms with Crippen LogP contribution in [0.2, 0.25) is 0 Å². The first-order valence-corrected chi connectivity index (χ1v) is 6.81. The van der Waals surface area contributed by atoms with Crippen LogP contribution in [0.5, 0.6) is 0 Å². The molecule has 3 atom stereocenters. The van der Waals surface area contributed by atoms with Gasteiger partial charge in [-0.2, -0.15) is 0 Å². The topological polar surface area (TPSA) is 61.8 Å². The summed E-state index contributed by atoms with van der Waals surface area (Å²) in [6, 6.07) is 1.10. The Bertz CT molecular complexity index is 307. The van der Waals surface area contributed by atoms with Gasteiger partial charge in [0.1, 0.15) is 0 Å². The highest BCUT2D eigenvalue weighted by atomic mass is 16.5. The highest BCUT2D eigenvalue weighted by Gasteiger charge is 2.35. The molecule has 0 aromatic carbocycles. The maximum Gasteiger partial charge on any atom is 0.338 e. The second-order valence-corrected chi connectivity index (χ2v) is 5.70. The maximum absolute atomic E-state index is 11.4. The number of aliphatic hydroxyl groups is 1. The van der Waals surface area contributed by atoms with Crippen molar-refractivity contribution in [3.8, 4) is 0 Å². The number of esters is 1. The molecule has 5 nitrogen and oxygen atoms in total. The normalized spacial score (nSPS) is 31.7. The van der Waals surface area contributed by atoms with Gasteiger partial charge < -0.3 is 20.1 Å². The molecule has 104 valence electrons. The van der Waals surface area contributed by atoms with Crippen LogP contribution in [0.1, 0.15) is 32.6 Å². The molecule has 0 bridgehead atoms. The van der Waals surface area contributed by atoms with Crippen LogP contribution in [0.25, 0.3) is 0 Å². The third-order valence-corrected chi connectivity index (χ3v) is 4.18. The van der Waals surface area contributed by atoms with Gasteiger partial charge in [0.2, 0.25) is 0 Å².